The molecule has 6 nitrogen and oxygen atoms in total. The van der Waals surface area contributed by atoms with Gasteiger partial charge in [0.05, 0.1) is 11.9 Å². The van der Waals surface area contributed by atoms with Crippen LogP contribution in [0.2, 0.25) is 0 Å². The average molecular weight is 263 g/mol. The van der Waals surface area contributed by atoms with E-state index < -0.39 is 0 Å². The van der Waals surface area contributed by atoms with Crippen LogP contribution in [0.3, 0.4) is 0 Å². The van der Waals surface area contributed by atoms with Gasteiger partial charge >= 0.3 is 0 Å². The van der Waals surface area contributed by atoms with E-state index >= 15 is 0 Å². The average Bonchev–Trinajstić information content (AvgIpc) is 2.37. The molecule has 0 aromatic carbocycles. The monoisotopic (exact) mass is 263 g/mol. The molecule has 19 heavy (non-hydrogen) atoms. The van der Waals surface area contributed by atoms with Gasteiger partial charge in [-0.25, -0.2) is 4.99 Å². The molecule has 1 aromatic rings. The van der Waals surface area contributed by atoms with E-state index in [0.717, 1.165) is 6.54 Å². The first-order valence-electron chi connectivity index (χ1n) is 6.36. The summed E-state index contributed by atoms with van der Waals surface area (Å²) in [4.78, 5) is 19.8. The van der Waals surface area contributed by atoms with Crippen molar-refractivity contribution in [3.63, 3.8) is 0 Å². The van der Waals surface area contributed by atoms with Gasteiger partial charge in [0.15, 0.2) is 5.96 Å². The molecular weight excluding hydrogens is 242 g/mol. The third-order valence-electron chi connectivity index (χ3n) is 2.10. The molecule has 0 unspecified atom stereocenters. The van der Waals surface area contributed by atoms with Gasteiger partial charge in [-0.05, 0) is 32.9 Å². The number of guanidine groups is 1. The molecule has 104 valence electrons. The third kappa shape index (κ3) is 6.40. The maximum atomic E-state index is 11.7. The molecule has 0 saturated heterocycles. The predicted molar refractivity (Wildman–Crippen MR) is 77.1 cm³/mol. The second kappa shape index (κ2) is 8.07. The lowest BCUT2D eigenvalue weighted by Crippen LogP contribution is -2.41. The summed E-state index contributed by atoms with van der Waals surface area (Å²) in [6.07, 6.45) is 3.25. The zero-order valence-corrected chi connectivity index (χ0v) is 11.6. The Kier molecular flexibility index (Phi) is 6.35. The minimum Gasteiger partial charge on any atom is -0.357 e. The number of carbonyl (C=O) groups is 1. The molecule has 0 aliphatic rings. The Labute approximate surface area is 113 Å². The maximum Gasteiger partial charge on any atom is 0.246 e. The first-order chi connectivity index (χ1) is 9.11. The summed E-state index contributed by atoms with van der Waals surface area (Å²) in [5, 5.41) is 8.95. The van der Waals surface area contributed by atoms with E-state index in [-0.39, 0.29) is 18.5 Å². The van der Waals surface area contributed by atoms with Crippen LogP contribution in [-0.2, 0) is 4.79 Å². The Morgan fingerprint density at radius 1 is 1.47 bits per heavy atom. The zero-order chi connectivity index (χ0) is 14.1. The number of nitrogens with zero attached hydrogens (tertiary/aromatic N) is 2. The molecular formula is C13H21N5O. The fraction of sp³-hybridized carbons (Fsp3) is 0.462. The van der Waals surface area contributed by atoms with E-state index in [1.54, 1.807) is 24.5 Å². The maximum absolute atomic E-state index is 11.7. The van der Waals surface area contributed by atoms with Crippen molar-refractivity contribution in [1.82, 2.24) is 15.6 Å². The highest BCUT2D eigenvalue weighted by atomic mass is 16.1. The van der Waals surface area contributed by atoms with Crippen LogP contribution in [0.15, 0.2) is 29.5 Å². The van der Waals surface area contributed by atoms with E-state index in [1.807, 2.05) is 20.8 Å². The molecule has 1 aromatic heterocycles. The van der Waals surface area contributed by atoms with Crippen molar-refractivity contribution >= 4 is 17.6 Å². The van der Waals surface area contributed by atoms with Gasteiger partial charge in [0, 0.05) is 18.8 Å². The van der Waals surface area contributed by atoms with E-state index in [4.69, 9.17) is 0 Å². The Balaban J connectivity index is 2.50. The second-order valence-electron chi connectivity index (χ2n) is 4.28. The summed E-state index contributed by atoms with van der Waals surface area (Å²) in [6, 6.07) is 3.81. The molecule has 1 amide bonds. The minimum absolute atomic E-state index is 0.0664. The summed E-state index contributed by atoms with van der Waals surface area (Å²) < 4.78 is 0. The summed E-state index contributed by atoms with van der Waals surface area (Å²) in [5.41, 5.74) is 0.671. The first kappa shape index (κ1) is 14.9. The number of rotatable bonds is 5. The first-order valence-corrected chi connectivity index (χ1v) is 6.36. The Hall–Kier alpha value is -2.11. The molecule has 1 rings (SSSR count). The van der Waals surface area contributed by atoms with Crippen LogP contribution in [0.25, 0.3) is 0 Å². The summed E-state index contributed by atoms with van der Waals surface area (Å²) >= 11 is 0. The van der Waals surface area contributed by atoms with Crippen molar-refractivity contribution in [3.05, 3.63) is 24.5 Å². The van der Waals surface area contributed by atoms with E-state index in [1.165, 1.54) is 0 Å². The molecule has 0 aliphatic carbocycles. The predicted octanol–water partition coefficient (Wildman–Crippen LogP) is 0.984. The van der Waals surface area contributed by atoms with Gasteiger partial charge in [-0.3, -0.25) is 9.78 Å². The molecule has 0 spiro atoms. The van der Waals surface area contributed by atoms with Gasteiger partial charge in [-0.15, -0.1) is 0 Å². The Bertz CT molecular complexity index is 416. The quantitative estimate of drug-likeness (QED) is 0.546. The normalized spacial score (nSPS) is 11.3. The molecule has 0 aliphatic heterocycles. The van der Waals surface area contributed by atoms with Crippen molar-refractivity contribution in [1.29, 1.82) is 0 Å². The van der Waals surface area contributed by atoms with Gasteiger partial charge in [-0.1, -0.05) is 0 Å². The van der Waals surface area contributed by atoms with Gasteiger partial charge in [0.2, 0.25) is 5.91 Å². The van der Waals surface area contributed by atoms with E-state index in [0.29, 0.717) is 11.6 Å². The standard InChI is InChI=1S/C13H21N5O/c1-4-15-13(17-10(2)3)16-9-12(19)18-11-6-5-7-14-8-11/h5-8,10H,4,9H2,1-3H3,(H,18,19)(H2,15,16,17). The number of hydrogen-bond acceptors (Lipinski definition) is 3. The molecule has 0 radical (unpaired) electrons. The summed E-state index contributed by atoms with van der Waals surface area (Å²) in [7, 11) is 0. The van der Waals surface area contributed by atoms with Crippen molar-refractivity contribution in [2.45, 2.75) is 26.8 Å². The van der Waals surface area contributed by atoms with Gasteiger partial charge in [0.1, 0.15) is 6.54 Å². The number of aromatic nitrogens is 1. The number of hydrogen-bond donors (Lipinski definition) is 3. The van der Waals surface area contributed by atoms with Crippen molar-refractivity contribution < 1.29 is 4.79 Å². The summed E-state index contributed by atoms with van der Waals surface area (Å²) in [5.74, 6) is 0.466. The van der Waals surface area contributed by atoms with E-state index in [2.05, 4.69) is 25.9 Å². The zero-order valence-electron chi connectivity index (χ0n) is 11.6. The SMILES string of the molecule is CCNC(=NCC(=O)Nc1cccnc1)NC(C)C. The Morgan fingerprint density at radius 2 is 2.26 bits per heavy atom. The molecule has 1 heterocycles. The number of carbonyl (C=O) groups excluding carboxylic acids is 1. The summed E-state index contributed by atoms with van der Waals surface area (Å²) in [6.45, 7) is 6.83. The van der Waals surface area contributed by atoms with Crippen LogP contribution in [0.4, 0.5) is 5.69 Å². The number of nitrogens with one attached hydrogen (secondary N) is 3. The molecule has 6 heteroatoms. The largest absolute Gasteiger partial charge is 0.357 e. The van der Waals surface area contributed by atoms with Crippen LogP contribution in [0, 0.1) is 0 Å². The second-order valence-corrected chi connectivity index (χ2v) is 4.28. The van der Waals surface area contributed by atoms with Crippen LogP contribution in [0.1, 0.15) is 20.8 Å². The van der Waals surface area contributed by atoms with Gasteiger partial charge < -0.3 is 16.0 Å². The van der Waals surface area contributed by atoms with E-state index in [9.17, 15) is 4.79 Å². The van der Waals surface area contributed by atoms with Crippen LogP contribution >= 0.6 is 0 Å². The van der Waals surface area contributed by atoms with Crippen LogP contribution in [-0.4, -0.2) is 36.0 Å². The van der Waals surface area contributed by atoms with Crippen LogP contribution < -0.4 is 16.0 Å². The fourth-order valence-electron chi connectivity index (χ4n) is 1.38. The number of pyridine rings is 1. The van der Waals surface area contributed by atoms with Crippen molar-refractivity contribution in [2.75, 3.05) is 18.4 Å². The number of anilines is 1. The molecule has 0 bridgehead atoms. The van der Waals surface area contributed by atoms with Crippen molar-refractivity contribution in [2.24, 2.45) is 4.99 Å². The lowest BCUT2D eigenvalue weighted by Gasteiger charge is -2.13. The van der Waals surface area contributed by atoms with Gasteiger partial charge in [0.25, 0.3) is 0 Å². The third-order valence-corrected chi connectivity index (χ3v) is 2.10. The van der Waals surface area contributed by atoms with Gasteiger partial charge in [-0.2, -0.15) is 0 Å². The molecule has 0 fully saturated rings. The highest BCUT2D eigenvalue weighted by molar-refractivity contribution is 5.93. The smallest absolute Gasteiger partial charge is 0.246 e. The highest BCUT2D eigenvalue weighted by Gasteiger charge is 2.03. The fourth-order valence-corrected chi connectivity index (χ4v) is 1.38. The van der Waals surface area contributed by atoms with Crippen molar-refractivity contribution in [3.8, 4) is 0 Å². The minimum atomic E-state index is -0.172. The van der Waals surface area contributed by atoms with Crippen LogP contribution in [0.5, 0.6) is 0 Å². The topological polar surface area (TPSA) is 78.4 Å². The molecule has 3 N–H and O–H groups in total. The highest BCUT2D eigenvalue weighted by Crippen LogP contribution is 2.01. The Morgan fingerprint density at radius 3 is 2.84 bits per heavy atom. The molecule has 0 saturated carbocycles. The lowest BCUT2D eigenvalue weighted by atomic mass is 10.4. The number of amides is 1. The lowest BCUT2D eigenvalue weighted by molar-refractivity contribution is -0.114. The molecule has 0 atom stereocenters. The number of aliphatic imine (C=N–C) groups is 1.